The number of urea groups is 1. The van der Waals surface area contributed by atoms with E-state index >= 15 is 0 Å². The maximum atomic E-state index is 13.0. The van der Waals surface area contributed by atoms with Crippen LogP contribution >= 0.6 is 15.9 Å². The van der Waals surface area contributed by atoms with Crippen LogP contribution in [0.5, 0.6) is 5.75 Å². The lowest BCUT2D eigenvalue weighted by Crippen LogP contribution is -2.46. The molecule has 1 aliphatic heterocycles. The van der Waals surface area contributed by atoms with Crippen molar-refractivity contribution < 1.29 is 14.3 Å². The van der Waals surface area contributed by atoms with Crippen LogP contribution in [0.4, 0.5) is 10.5 Å². The Labute approximate surface area is 166 Å². The first-order valence-electron chi connectivity index (χ1n) is 8.39. The monoisotopic (exact) mass is 429 g/mol. The molecule has 27 heavy (non-hydrogen) atoms. The van der Waals surface area contributed by atoms with Crippen LogP contribution < -0.4 is 20.7 Å². The maximum Gasteiger partial charge on any atom is 0.319 e. The molecule has 1 atom stereocenters. The summed E-state index contributed by atoms with van der Waals surface area (Å²) in [6.45, 7) is 3.68. The van der Waals surface area contributed by atoms with Crippen molar-refractivity contribution in [1.29, 1.82) is 0 Å². The van der Waals surface area contributed by atoms with Gasteiger partial charge in [0.05, 0.1) is 23.2 Å². The summed E-state index contributed by atoms with van der Waals surface area (Å²) in [5.74, 6) is 0.396. The van der Waals surface area contributed by atoms with E-state index < -0.39 is 6.04 Å². The molecule has 0 spiro atoms. The second-order valence-corrected chi connectivity index (χ2v) is 7.14. The topological polar surface area (TPSA) is 79.5 Å². The summed E-state index contributed by atoms with van der Waals surface area (Å²) in [4.78, 5) is 25.0. The lowest BCUT2D eigenvalue weighted by molar-refractivity contribution is -0.113. The molecule has 7 heteroatoms. The van der Waals surface area contributed by atoms with Crippen molar-refractivity contribution in [3.63, 3.8) is 0 Å². The number of aryl methyl sites for hydroxylation is 1. The molecule has 3 N–H and O–H groups in total. The van der Waals surface area contributed by atoms with E-state index in [1.807, 2.05) is 43.3 Å². The second kappa shape index (κ2) is 7.84. The predicted octanol–water partition coefficient (Wildman–Crippen LogP) is 4.03. The number of ether oxygens (including phenoxy) is 1. The van der Waals surface area contributed by atoms with Crippen LogP contribution in [-0.2, 0) is 4.79 Å². The Morgan fingerprint density at radius 1 is 1.19 bits per heavy atom. The van der Waals surface area contributed by atoms with Crippen molar-refractivity contribution in [1.82, 2.24) is 10.6 Å². The number of hydrogen-bond donors (Lipinski definition) is 3. The van der Waals surface area contributed by atoms with Crippen LogP contribution in [0.3, 0.4) is 0 Å². The number of benzene rings is 2. The molecule has 0 saturated heterocycles. The van der Waals surface area contributed by atoms with E-state index in [0.717, 1.165) is 15.6 Å². The Kier molecular flexibility index (Phi) is 5.51. The number of amides is 3. The first kappa shape index (κ1) is 19.0. The van der Waals surface area contributed by atoms with Gasteiger partial charge in [-0.2, -0.15) is 0 Å². The van der Waals surface area contributed by atoms with E-state index in [0.29, 0.717) is 22.7 Å². The van der Waals surface area contributed by atoms with Crippen LogP contribution in [0.15, 0.2) is 58.2 Å². The highest BCUT2D eigenvalue weighted by atomic mass is 79.9. The zero-order valence-electron chi connectivity index (χ0n) is 15.2. The molecule has 0 radical (unpaired) electrons. The fourth-order valence-electron chi connectivity index (χ4n) is 3.03. The van der Waals surface area contributed by atoms with Crippen molar-refractivity contribution in [3.8, 4) is 5.75 Å². The number of rotatable bonds is 4. The van der Waals surface area contributed by atoms with Gasteiger partial charge in [0.15, 0.2) is 0 Å². The number of hydrogen-bond acceptors (Lipinski definition) is 3. The van der Waals surface area contributed by atoms with Gasteiger partial charge in [0.1, 0.15) is 5.75 Å². The number of halogens is 1. The molecule has 0 aliphatic carbocycles. The Balaban J connectivity index is 1.96. The summed E-state index contributed by atoms with van der Waals surface area (Å²) in [5.41, 5.74) is 3.48. The highest BCUT2D eigenvalue weighted by molar-refractivity contribution is 9.10. The fourth-order valence-corrected chi connectivity index (χ4v) is 3.59. The van der Waals surface area contributed by atoms with Crippen LogP contribution in [-0.4, -0.2) is 19.0 Å². The summed E-state index contributed by atoms with van der Waals surface area (Å²) >= 11 is 3.45. The molecule has 2 aromatic rings. The molecule has 0 saturated carbocycles. The van der Waals surface area contributed by atoms with Crippen molar-refractivity contribution >= 4 is 33.6 Å². The van der Waals surface area contributed by atoms with Gasteiger partial charge in [0.25, 0.3) is 5.91 Å². The molecule has 140 valence electrons. The third kappa shape index (κ3) is 4.14. The lowest BCUT2D eigenvalue weighted by atomic mass is 9.94. The summed E-state index contributed by atoms with van der Waals surface area (Å²) in [5, 5.41) is 8.41. The molecule has 1 heterocycles. The van der Waals surface area contributed by atoms with Crippen molar-refractivity contribution in [2.45, 2.75) is 19.9 Å². The largest absolute Gasteiger partial charge is 0.496 e. The second-order valence-electron chi connectivity index (χ2n) is 6.29. The standard InChI is InChI=1S/C20H20BrN3O3/c1-11-5-4-6-14(9-11)23-19(25)17-12(2)22-20(26)24-18(17)13-7-8-16(27-3)15(21)10-13/h4-10,18H,1-3H3,(H,23,25)(H2,22,24,26)/t18-/m1/s1. The smallest absolute Gasteiger partial charge is 0.319 e. The molecule has 3 amide bonds. The van der Waals surface area contributed by atoms with Crippen LogP contribution in [0.25, 0.3) is 0 Å². The molecule has 0 bridgehead atoms. The first-order chi connectivity index (χ1) is 12.9. The fraction of sp³-hybridized carbons (Fsp3) is 0.200. The minimum atomic E-state index is -0.578. The van der Waals surface area contributed by atoms with E-state index in [2.05, 4.69) is 31.9 Å². The number of carbonyl (C=O) groups excluding carboxylic acids is 2. The minimum Gasteiger partial charge on any atom is -0.496 e. The van der Waals surface area contributed by atoms with Crippen LogP contribution in [0.2, 0.25) is 0 Å². The van der Waals surface area contributed by atoms with Gasteiger partial charge >= 0.3 is 6.03 Å². The summed E-state index contributed by atoms with van der Waals surface area (Å²) in [6, 6.07) is 12.1. The maximum absolute atomic E-state index is 13.0. The highest BCUT2D eigenvalue weighted by Crippen LogP contribution is 2.33. The average molecular weight is 430 g/mol. The van der Waals surface area contributed by atoms with E-state index in [-0.39, 0.29) is 11.9 Å². The molecule has 0 unspecified atom stereocenters. The van der Waals surface area contributed by atoms with Crippen molar-refractivity contribution in [3.05, 3.63) is 69.3 Å². The van der Waals surface area contributed by atoms with Gasteiger partial charge in [0, 0.05) is 11.4 Å². The molecular formula is C20H20BrN3O3. The molecule has 0 fully saturated rings. The van der Waals surface area contributed by atoms with Gasteiger partial charge in [-0.25, -0.2) is 4.79 Å². The van der Waals surface area contributed by atoms with Gasteiger partial charge in [-0.1, -0.05) is 18.2 Å². The first-order valence-corrected chi connectivity index (χ1v) is 9.18. The zero-order valence-corrected chi connectivity index (χ0v) is 16.8. The quantitative estimate of drug-likeness (QED) is 0.685. The zero-order chi connectivity index (χ0) is 19.6. The van der Waals surface area contributed by atoms with Crippen molar-refractivity contribution in [2.75, 3.05) is 12.4 Å². The van der Waals surface area contributed by atoms with Gasteiger partial charge in [-0.05, 0) is 65.2 Å². The van der Waals surface area contributed by atoms with Gasteiger partial charge < -0.3 is 20.7 Å². The van der Waals surface area contributed by atoms with Gasteiger partial charge in [0.2, 0.25) is 0 Å². The number of allylic oxidation sites excluding steroid dienone is 1. The number of nitrogens with one attached hydrogen (secondary N) is 3. The molecule has 1 aliphatic rings. The predicted molar refractivity (Wildman–Crippen MR) is 108 cm³/mol. The van der Waals surface area contributed by atoms with Crippen LogP contribution in [0.1, 0.15) is 24.1 Å². The average Bonchev–Trinajstić information content (AvgIpc) is 2.60. The highest BCUT2D eigenvalue weighted by Gasteiger charge is 2.31. The van der Waals surface area contributed by atoms with E-state index in [4.69, 9.17) is 4.74 Å². The third-order valence-corrected chi connectivity index (χ3v) is 4.92. The molecule has 2 aromatic carbocycles. The molecule has 0 aromatic heterocycles. The SMILES string of the molecule is COc1ccc([C@H]2NC(=O)NC(C)=C2C(=O)Nc2cccc(C)c2)cc1Br. The molecule has 6 nitrogen and oxygen atoms in total. The summed E-state index contributed by atoms with van der Waals surface area (Å²) in [7, 11) is 1.58. The Bertz CT molecular complexity index is 940. The minimum absolute atomic E-state index is 0.275. The van der Waals surface area contributed by atoms with Gasteiger partial charge in [-0.15, -0.1) is 0 Å². The Hall–Kier alpha value is -2.80. The van der Waals surface area contributed by atoms with E-state index in [9.17, 15) is 9.59 Å². The number of carbonyl (C=O) groups is 2. The van der Waals surface area contributed by atoms with Crippen molar-refractivity contribution in [2.24, 2.45) is 0 Å². The Morgan fingerprint density at radius 3 is 2.63 bits per heavy atom. The number of anilines is 1. The van der Waals surface area contributed by atoms with Crippen LogP contribution in [0, 0.1) is 6.92 Å². The summed E-state index contributed by atoms with van der Waals surface area (Å²) < 4.78 is 6.00. The Morgan fingerprint density at radius 2 is 1.96 bits per heavy atom. The lowest BCUT2D eigenvalue weighted by Gasteiger charge is -2.29. The summed E-state index contributed by atoms with van der Waals surface area (Å²) in [6.07, 6.45) is 0. The molecule has 3 rings (SSSR count). The third-order valence-electron chi connectivity index (χ3n) is 4.30. The normalized spacial score (nSPS) is 16.4. The van der Waals surface area contributed by atoms with E-state index in [1.165, 1.54) is 0 Å². The van der Waals surface area contributed by atoms with E-state index in [1.54, 1.807) is 20.1 Å². The number of methoxy groups -OCH3 is 1. The molecular weight excluding hydrogens is 410 g/mol. The van der Waals surface area contributed by atoms with Gasteiger partial charge in [-0.3, -0.25) is 4.79 Å².